The van der Waals surface area contributed by atoms with Gasteiger partial charge in [0.1, 0.15) is 0 Å². The van der Waals surface area contributed by atoms with Gasteiger partial charge in [0.15, 0.2) is 0 Å². The van der Waals surface area contributed by atoms with Gasteiger partial charge in [-0.25, -0.2) is 0 Å². The molecule has 1 aliphatic rings. The van der Waals surface area contributed by atoms with E-state index in [0.29, 0.717) is 0 Å². The number of halogens is 1. The van der Waals surface area contributed by atoms with Crippen LogP contribution in [0.3, 0.4) is 0 Å². The van der Waals surface area contributed by atoms with Gasteiger partial charge in [0.2, 0.25) is 0 Å². The van der Waals surface area contributed by atoms with E-state index in [4.69, 9.17) is 0 Å². The lowest BCUT2D eigenvalue weighted by molar-refractivity contribution is 1.01. The summed E-state index contributed by atoms with van der Waals surface area (Å²) in [6.45, 7) is 8.68. The molecular formula is C18H23BrN2. The van der Waals surface area contributed by atoms with E-state index in [0.717, 1.165) is 28.8 Å². The molecule has 0 saturated carbocycles. The minimum absolute atomic E-state index is 0.873. The van der Waals surface area contributed by atoms with E-state index in [1.54, 1.807) is 0 Å². The van der Waals surface area contributed by atoms with Crippen LogP contribution in [0.4, 0.5) is 0 Å². The highest BCUT2D eigenvalue weighted by molar-refractivity contribution is 9.09. The molecule has 21 heavy (non-hydrogen) atoms. The van der Waals surface area contributed by atoms with Crippen LogP contribution in [0.25, 0.3) is 11.8 Å². The number of hydrogen-bond acceptors (Lipinski definition) is 1. The van der Waals surface area contributed by atoms with Gasteiger partial charge in [0.25, 0.3) is 0 Å². The lowest BCUT2D eigenvalue weighted by atomic mass is 10.2. The number of alkyl halides is 1. The van der Waals surface area contributed by atoms with Crippen molar-refractivity contribution >= 4 is 27.7 Å². The van der Waals surface area contributed by atoms with E-state index in [9.17, 15) is 0 Å². The molecule has 0 spiro atoms. The Labute approximate surface area is 136 Å². The number of hydrogen-bond donors (Lipinski definition) is 2. The molecule has 0 radical (unpaired) electrons. The highest BCUT2D eigenvalue weighted by Gasteiger charge is 2.12. The van der Waals surface area contributed by atoms with Crippen molar-refractivity contribution in [1.29, 1.82) is 0 Å². The van der Waals surface area contributed by atoms with Crippen LogP contribution in [-0.2, 0) is 0 Å². The molecule has 0 saturated heterocycles. The van der Waals surface area contributed by atoms with Crippen LogP contribution in [0, 0.1) is 12.8 Å². The van der Waals surface area contributed by atoms with Crippen LogP contribution in [0.2, 0.25) is 0 Å². The van der Waals surface area contributed by atoms with Crippen molar-refractivity contribution < 1.29 is 0 Å². The van der Waals surface area contributed by atoms with E-state index >= 15 is 0 Å². The third kappa shape index (κ3) is 5.93. The molecule has 0 aromatic carbocycles. The lowest BCUT2D eigenvalue weighted by Gasteiger charge is -2.02. The van der Waals surface area contributed by atoms with Crippen LogP contribution in [-0.4, -0.2) is 16.9 Å². The molecular weight excluding hydrogens is 324 g/mol. The molecule has 2 N–H and O–H groups in total. The van der Waals surface area contributed by atoms with E-state index in [2.05, 4.69) is 70.0 Å². The highest BCUT2D eigenvalue weighted by Crippen LogP contribution is 2.22. The number of rotatable bonds is 4. The van der Waals surface area contributed by atoms with Gasteiger partial charge in [-0.05, 0) is 17.7 Å². The van der Waals surface area contributed by atoms with Crippen LogP contribution >= 0.6 is 15.9 Å². The Hall–Kier alpha value is -1.92. The van der Waals surface area contributed by atoms with Crippen molar-refractivity contribution in [2.75, 3.05) is 11.9 Å². The Kier molecular flexibility index (Phi) is 10.8. The number of aromatic amines is 1. The van der Waals surface area contributed by atoms with E-state index in [1.807, 2.05) is 32.2 Å². The monoisotopic (exact) mass is 346 g/mol. The summed E-state index contributed by atoms with van der Waals surface area (Å²) in [5, 5.41) is 4.27. The largest absolute Gasteiger partial charge is 0.379 e. The smallest absolute Gasteiger partial charge is 0.0689 e. The quantitative estimate of drug-likeness (QED) is 0.597. The van der Waals surface area contributed by atoms with Crippen molar-refractivity contribution in [3.05, 3.63) is 60.0 Å². The molecule has 0 unspecified atom stereocenters. The molecule has 1 aromatic heterocycles. The minimum Gasteiger partial charge on any atom is -0.379 e. The summed E-state index contributed by atoms with van der Waals surface area (Å²) in [6.07, 6.45) is 20.2. The van der Waals surface area contributed by atoms with Crippen LogP contribution in [0.5, 0.6) is 0 Å². The summed E-state index contributed by atoms with van der Waals surface area (Å²) in [7, 11) is 0. The summed E-state index contributed by atoms with van der Waals surface area (Å²) in [4.78, 5) is 3.23. The Bertz CT molecular complexity index is 530. The van der Waals surface area contributed by atoms with E-state index < -0.39 is 0 Å². The van der Waals surface area contributed by atoms with Crippen molar-refractivity contribution in [1.82, 2.24) is 10.3 Å². The van der Waals surface area contributed by atoms with Gasteiger partial charge in [-0.2, -0.15) is 0 Å². The molecule has 0 fully saturated rings. The Morgan fingerprint density at radius 1 is 1.38 bits per heavy atom. The fourth-order valence-corrected chi connectivity index (χ4v) is 2.00. The summed E-state index contributed by atoms with van der Waals surface area (Å²) in [5.74, 6) is 0. The third-order valence-corrected chi connectivity index (χ3v) is 2.99. The van der Waals surface area contributed by atoms with Crippen LogP contribution in [0.1, 0.15) is 25.1 Å². The van der Waals surface area contributed by atoms with Gasteiger partial charge in [-0.15, -0.1) is 12.8 Å². The molecule has 2 rings (SSSR count). The Balaban J connectivity index is 0.000000921. The van der Waals surface area contributed by atoms with E-state index in [1.165, 1.54) is 5.57 Å². The van der Waals surface area contributed by atoms with Crippen molar-refractivity contribution in [2.24, 2.45) is 0 Å². The Morgan fingerprint density at radius 2 is 2.10 bits per heavy atom. The first-order valence-corrected chi connectivity index (χ1v) is 7.98. The van der Waals surface area contributed by atoms with Gasteiger partial charge in [-0.1, -0.05) is 60.7 Å². The number of terminal acetylenes is 1. The molecule has 3 heteroatoms. The summed E-state index contributed by atoms with van der Waals surface area (Å²) in [5.41, 5.74) is 4.64. The minimum atomic E-state index is 0.873. The maximum atomic E-state index is 4.00. The lowest BCUT2D eigenvalue weighted by Crippen LogP contribution is -2.08. The summed E-state index contributed by atoms with van der Waals surface area (Å²) < 4.78 is 0. The first kappa shape index (κ1) is 19.1. The first-order valence-electron chi connectivity index (χ1n) is 6.86. The molecule has 1 aromatic rings. The average molecular weight is 347 g/mol. The molecule has 0 bridgehead atoms. The second-order valence-corrected chi connectivity index (χ2v) is 4.40. The molecule has 0 atom stereocenters. The maximum absolute atomic E-state index is 4.00. The molecule has 2 nitrogen and oxygen atoms in total. The fourth-order valence-electron chi connectivity index (χ4n) is 1.78. The van der Waals surface area contributed by atoms with Crippen molar-refractivity contribution in [2.45, 2.75) is 13.8 Å². The highest BCUT2D eigenvalue weighted by atomic mass is 79.9. The SMILES string of the molecule is C#C.C=Cc1cc[nH]c1C1=C/C(=C/C=C\CBr)CN1.CC. The maximum Gasteiger partial charge on any atom is 0.0689 e. The third-order valence-electron chi connectivity index (χ3n) is 2.62. The van der Waals surface area contributed by atoms with Crippen molar-refractivity contribution in [3.63, 3.8) is 0 Å². The molecule has 0 aliphatic carbocycles. The van der Waals surface area contributed by atoms with Gasteiger partial charge >= 0.3 is 0 Å². The Morgan fingerprint density at radius 3 is 2.71 bits per heavy atom. The zero-order valence-electron chi connectivity index (χ0n) is 12.7. The number of allylic oxidation sites excluding steroid dienone is 3. The topological polar surface area (TPSA) is 27.8 Å². The predicted molar refractivity (Wildman–Crippen MR) is 99.1 cm³/mol. The molecule has 2 heterocycles. The predicted octanol–water partition coefficient (Wildman–Crippen LogP) is 4.75. The molecule has 112 valence electrons. The molecule has 1 aliphatic heterocycles. The van der Waals surface area contributed by atoms with Gasteiger partial charge in [0.05, 0.1) is 11.4 Å². The fraction of sp³-hybridized carbons (Fsp3) is 0.222. The first-order chi connectivity index (χ1) is 10.3. The number of H-pyrrole nitrogens is 1. The normalized spacial score (nSPS) is 14.5. The molecule has 0 amide bonds. The summed E-state index contributed by atoms with van der Waals surface area (Å²) >= 11 is 3.36. The van der Waals surface area contributed by atoms with Crippen LogP contribution in [0.15, 0.2) is 48.7 Å². The standard InChI is InChI=1S/C14H15BrN2.C2H6.C2H2/c1-2-12-6-8-16-14(12)13-9-11(10-17-13)5-3-4-7-15;2*1-2/h2-6,8-9,16-17H,1,7,10H2;1-2H3;1-2H/b4-3-,11-5-;;. The van der Waals surface area contributed by atoms with Gasteiger partial charge < -0.3 is 10.3 Å². The van der Waals surface area contributed by atoms with Gasteiger partial charge in [-0.3, -0.25) is 0 Å². The second-order valence-electron chi connectivity index (χ2n) is 3.75. The zero-order valence-corrected chi connectivity index (χ0v) is 14.3. The summed E-state index contributed by atoms with van der Waals surface area (Å²) in [6, 6.07) is 2.03. The number of nitrogens with one attached hydrogen (secondary N) is 2. The van der Waals surface area contributed by atoms with Gasteiger partial charge in [0, 0.05) is 23.6 Å². The number of aromatic nitrogens is 1. The van der Waals surface area contributed by atoms with Crippen LogP contribution < -0.4 is 5.32 Å². The van der Waals surface area contributed by atoms with Crippen molar-refractivity contribution in [3.8, 4) is 12.8 Å². The average Bonchev–Trinajstić information content (AvgIpc) is 3.20. The zero-order chi connectivity index (χ0) is 16.1. The van der Waals surface area contributed by atoms with E-state index in [-0.39, 0.29) is 0 Å². The second kappa shape index (κ2) is 11.9.